The highest BCUT2D eigenvalue weighted by Gasteiger charge is 2.36. The van der Waals surface area contributed by atoms with Crippen LogP contribution in [0.1, 0.15) is 62.2 Å². The molecule has 29 heavy (non-hydrogen) atoms. The van der Waals surface area contributed by atoms with Gasteiger partial charge in [-0.25, -0.2) is 0 Å². The number of nitrogens with one attached hydrogen (secondary N) is 2. The molecule has 2 amide bonds. The number of amides is 2. The standard InChI is InChI=1S/C23H32N2O4/c1-2-8-18-14-29-15-20(26)21(18)25-23(28)19(13-16-9-6-7-10-16)24-22(27)17-11-4-3-5-12-17/h3-5,11-12,16,18-19,21H,2,6-10,13-15H2,1H3,(H,24,27)(H,25,28). The first-order chi connectivity index (χ1) is 14.1. The van der Waals surface area contributed by atoms with Gasteiger partial charge in [0.15, 0.2) is 5.78 Å². The van der Waals surface area contributed by atoms with Crippen LogP contribution < -0.4 is 10.6 Å². The molecule has 1 aromatic rings. The molecule has 6 nitrogen and oxygen atoms in total. The summed E-state index contributed by atoms with van der Waals surface area (Å²) in [7, 11) is 0. The lowest BCUT2D eigenvalue weighted by Gasteiger charge is -2.32. The second-order valence-electron chi connectivity index (χ2n) is 8.29. The van der Waals surface area contributed by atoms with Crippen molar-refractivity contribution in [2.75, 3.05) is 13.2 Å². The highest BCUT2D eigenvalue weighted by atomic mass is 16.5. The number of carbonyl (C=O) groups excluding carboxylic acids is 3. The zero-order valence-corrected chi connectivity index (χ0v) is 17.2. The number of hydrogen-bond acceptors (Lipinski definition) is 4. The molecule has 1 aliphatic carbocycles. The van der Waals surface area contributed by atoms with Crippen LogP contribution in [-0.2, 0) is 14.3 Å². The fourth-order valence-corrected chi connectivity index (χ4v) is 4.47. The summed E-state index contributed by atoms with van der Waals surface area (Å²) in [6.45, 7) is 2.57. The maximum absolute atomic E-state index is 13.1. The minimum absolute atomic E-state index is 0.0119. The van der Waals surface area contributed by atoms with Crippen LogP contribution in [0.4, 0.5) is 0 Å². The number of rotatable bonds is 8. The molecular formula is C23H32N2O4. The molecule has 3 atom stereocenters. The maximum atomic E-state index is 13.1. The zero-order chi connectivity index (χ0) is 20.6. The summed E-state index contributed by atoms with van der Waals surface area (Å²) in [6.07, 6.45) is 6.86. The van der Waals surface area contributed by atoms with Gasteiger partial charge in [0.2, 0.25) is 5.91 Å². The van der Waals surface area contributed by atoms with Crippen molar-refractivity contribution < 1.29 is 19.1 Å². The van der Waals surface area contributed by atoms with Gasteiger partial charge in [0.05, 0.1) is 12.6 Å². The molecule has 3 unspecified atom stereocenters. The number of carbonyl (C=O) groups is 3. The molecule has 1 aromatic carbocycles. The predicted octanol–water partition coefficient (Wildman–Crippen LogP) is 2.87. The van der Waals surface area contributed by atoms with Gasteiger partial charge in [-0.1, -0.05) is 57.2 Å². The van der Waals surface area contributed by atoms with E-state index in [1.807, 2.05) is 6.07 Å². The number of Topliss-reactive ketones (excluding diaryl/α,β-unsaturated/α-hetero) is 1. The molecule has 2 N–H and O–H groups in total. The zero-order valence-electron chi connectivity index (χ0n) is 17.2. The lowest BCUT2D eigenvalue weighted by atomic mass is 9.90. The normalized spacial score (nSPS) is 23.6. The molecule has 0 radical (unpaired) electrons. The fraction of sp³-hybridized carbons (Fsp3) is 0.609. The lowest BCUT2D eigenvalue weighted by molar-refractivity contribution is -0.138. The van der Waals surface area contributed by atoms with Gasteiger partial charge in [0, 0.05) is 11.5 Å². The second-order valence-corrected chi connectivity index (χ2v) is 8.29. The minimum atomic E-state index is -0.635. The summed E-state index contributed by atoms with van der Waals surface area (Å²) in [6, 6.07) is 7.76. The van der Waals surface area contributed by atoms with Crippen molar-refractivity contribution >= 4 is 17.6 Å². The quantitative estimate of drug-likeness (QED) is 0.703. The van der Waals surface area contributed by atoms with Crippen LogP contribution in [0.15, 0.2) is 30.3 Å². The Morgan fingerprint density at radius 2 is 1.90 bits per heavy atom. The van der Waals surface area contributed by atoms with Gasteiger partial charge in [-0.05, 0) is 30.9 Å². The monoisotopic (exact) mass is 400 g/mol. The predicted molar refractivity (Wildman–Crippen MR) is 110 cm³/mol. The van der Waals surface area contributed by atoms with Crippen molar-refractivity contribution in [2.45, 2.75) is 64.0 Å². The largest absolute Gasteiger partial charge is 0.373 e. The molecule has 2 fully saturated rings. The first-order valence-electron chi connectivity index (χ1n) is 10.8. The molecule has 3 rings (SSSR count). The molecule has 2 aliphatic rings. The number of hydrogen-bond donors (Lipinski definition) is 2. The van der Waals surface area contributed by atoms with E-state index in [-0.39, 0.29) is 30.1 Å². The third kappa shape index (κ3) is 5.89. The van der Waals surface area contributed by atoms with Gasteiger partial charge >= 0.3 is 0 Å². The van der Waals surface area contributed by atoms with Crippen LogP contribution >= 0.6 is 0 Å². The van der Waals surface area contributed by atoms with Crippen LogP contribution in [0.5, 0.6) is 0 Å². The van der Waals surface area contributed by atoms with E-state index in [9.17, 15) is 14.4 Å². The number of ether oxygens (including phenoxy) is 1. The van der Waals surface area contributed by atoms with Crippen molar-refractivity contribution in [3.63, 3.8) is 0 Å². The second kappa shape index (κ2) is 10.5. The summed E-state index contributed by atoms with van der Waals surface area (Å²) < 4.78 is 5.38. The van der Waals surface area contributed by atoms with E-state index < -0.39 is 12.1 Å². The molecule has 158 valence electrons. The molecule has 1 heterocycles. The molecule has 1 saturated carbocycles. The van der Waals surface area contributed by atoms with Crippen LogP contribution in [0.25, 0.3) is 0 Å². The van der Waals surface area contributed by atoms with E-state index in [4.69, 9.17) is 4.74 Å². The van der Waals surface area contributed by atoms with E-state index in [0.717, 1.165) is 25.7 Å². The number of ketones is 1. The Bertz CT molecular complexity index is 698. The molecular weight excluding hydrogens is 368 g/mol. The Labute approximate surface area is 172 Å². The smallest absolute Gasteiger partial charge is 0.251 e. The van der Waals surface area contributed by atoms with Gasteiger partial charge in [-0.2, -0.15) is 0 Å². The summed E-state index contributed by atoms with van der Waals surface area (Å²) in [5, 5.41) is 5.87. The Morgan fingerprint density at radius 3 is 2.59 bits per heavy atom. The molecule has 0 spiro atoms. The SMILES string of the molecule is CCCC1COCC(=O)C1NC(=O)C(CC1CCCC1)NC(=O)c1ccccc1. The van der Waals surface area contributed by atoms with E-state index in [1.54, 1.807) is 24.3 Å². The highest BCUT2D eigenvalue weighted by molar-refractivity contribution is 5.98. The maximum Gasteiger partial charge on any atom is 0.251 e. The van der Waals surface area contributed by atoms with E-state index in [2.05, 4.69) is 17.6 Å². The summed E-state index contributed by atoms with van der Waals surface area (Å²) >= 11 is 0. The van der Waals surface area contributed by atoms with E-state index >= 15 is 0 Å². The third-order valence-corrected chi connectivity index (χ3v) is 6.05. The fourth-order valence-electron chi connectivity index (χ4n) is 4.47. The molecule has 0 bridgehead atoms. The Balaban J connectivity index is 1.70. The minimum Gasteiger partial charge on any atom is -0.373 e. The van der Waals surface area contributed by atoms with Crippen molar-refractivity contribution in [3.8, 4) is 0 Å². The average Bonchev–Trinajstić information content (AvgIpc) is 3.24. The van der Waals surface area contributed by atoms with Crippen molar-refractivity contribution in [2.24, 2.45) is 11.8 Å². The van der Waals surface area contributed by atoms with Crippen molar-refractivity contribution in [1.82, 2.24) is 10.6 Å². The molecule has 1 aliphatic heterocycles. The molecule has 0 aromatic heterocycles. The van der Waals surface area contributed by atoms with Crippen molar-refractivity contribution in [3.05, 3.63) is 35.9 Å². The van der Waals surface area contributed by atoms with Crippen LogP contribution in [0, 0.1) is 11.8 Å². The van der Waals surface area contributed by atoms with Gasteiger partial charge in [0.1, 0.15) is 12.6 Å². The van der Waals surface area contributed by atoms with E-state index in [1.165, 1.54) is 12.8 Å². The summed E-state index contributed by atoms with van der Waals surface area (Å²) in [4.78, 5) is 38.2. The van der Waals surface area contributed by atoms with E-state index in [0.29, 0.717) is 24.5 Å². The molecule has 1 saturated heterocycles. The van der Waals surface area contributed by atoms with Crippen LogP contribution in [-0.4, -0.2) is 42.9 Å². The first-order valence-corrected chi connectivity index (χ1v) is 10.8. The Morgan fingerprint density at radius 1 is 1.17 bits per heavy atom. The topological polar surface area (TPSA) is 84.5 Å². The highest BCUT2D eigenvalue weighted by Crippen LogP contribution is 2.29. The van der Waals surface area contributed by atoms with Crippen LogP contribution in [0.3, 0.4) is 0 Å². The van der Waals surface area contributed by atoms with Crippen molar-refractivity contribution in [1.29, 1.82) is 0 Å². The van der Waals surface area contributed by atoms with Gasteiger partial charge in [-0.15, -0.1) is 0 Å². The summed E-state index contributed by atoms with van der Waals surface area (Å²) in [5.41, 5.74) is 0.530. The third-order valence-electron chi connectivity index (χ3n) is 6.05. The van der Waals surface area contributed by atoms with Gasteiger partial charge < -0.3 is 15.4 Å². The average molecular weight is 401 g/mol. The van der Waals surface area contributed by atoms with Gasteiger partial charge in [-0.3, -0.25) is 14.4 Å². The summed E-state index contributed by atoms with van der Waals surface area (Å²) in [5.74, 6) is -0.187. The lowest BCUT2D eigenvalue weighted by Crippen LogP contribution is -2.57. The van der Waals surface area contributed by atoms with Crippen LogP contribution in [0.2, 0.25) is 0 Å². The first kappa shape index (κ1) is 21.5. The molecule has 6 heteroatoms. The number of benzene rings is 1. The Hall–Kier alpha value is -2.21. The van der Waals surface area contributed by atoms with Gasteiger partial charge in [0.25, 0.3) is 5.91 Å². The Kier molecular flexibility index (Phi) is 7.81.